The third kappa shape index (κ3) is 4.52. The molecule has 0 fully saturated rings. The Kier molecular flexibility index (Phi) is 6.28. The Balaban J connectivity index is 1.41. The number of hydrogen-bond donors (Lipinski definition) is 0. The Morgan fingerprint density at radius 2 is 1.14 bits per heavy atom. The van der Waals surface area contributed by atoms with Gasteiger partial charge in [-0.05, 0) is 30.4 Å². The third-order valence-corrected chi connectivity index (χ3v) is 5.83. The van der Waals surface area contributed by atoms with Crippen LogP contribution in [0.15, 0.2) is 70.6 Å². The fraction of sp³-hybridized carbons (Fsp3) is 0.440. The minimum absolute atomic E-state index is 0.163. The molecule has 0 saturated heterocycles. The van der Waals surface area contributed by atoms with E-state index in [1.165, 1.54) is 11.1 Å². The molecule has 0 N–H and O–H groups in total. The van der Waals surface area contributed by atoms with Gasteiger partial charge >= 0.3 is 0 Å². The van der Waals surface area contributed by atoms with Crippen LogP contribution in [0.5, 0.6) is 0 Å². The highest BCUT2D eigenvalue weighted by Gasteiger charge is 2.31. The average molecular weight is 391 g/mol. The molecule has 4 nitrogen and oxygen atoms in total. The van der Waals surface area contributed by atoms with E-state index >= 15 is 0 Å². The van der Waals surface area contributed by atoms with Crippen molar-refractivity contribution < 1.29 is 9.47 Å². The molecule has 0 spiro atoms. The normalized spacial score (nSPS) is 23.0. The number of hydrogen-bond acceptors (Lipinski definition) is 4. The van der Waals surface area contributed by atoms with E-state index in [0.717, 1.165) is 31.1 Å². The van der Waals surface area contributed by atoms with Crippen molar-refractivity contribution in [2.24, 2.45) is 9.98 Å². The minimum Gasteiger partial charge on any atom is -0.478 e. The molecule has 4 heteroatoms. The van der Waals surface area contributed by atoms with Gasteiger partial charge in [-0.15, -0.1) is 0 Å². The van der Waals surface area contributed by atoms with E-state index < -0.39 is 0 Å². The quantitative estimate of drug-likeness (QED) is 0.609. The molecule has 2 aromatic carbocycles. The number of benzene rings is 2. The minimum atomic E-state index is 0.163. The lowest BCUT2D eigenvalue weighted by atomic mass is 9.96. The van der Waals surface area contributed by atoms with Crippen molar-refractivity contribution in [3.8, 4) is 0 Å². The first kappa shape index (κ1) is 19.7. The summed E-state index contributed by atoms with van der Waals surface area (Å²) in [7, 11) is 0. The fourth-order valence-corrected chi connectivity index (χ4v) is 4.29. The van der Waals surface area contributed by atoms with Crippen LogP contribution in [-0.4, -0.2) is 37.1 Å². The van der Waals surface area contributed by atoms with E-state index in [1.807, 2.05) is 12.1 Å². The molecule has 2 aliphatic heterocycles. The van der Waals surface area contributed by atoms with Crippen LogP contribution in [0, 0.1) is 0 Å². The molecule has 2 aromatic rings. The molecule has 0 unspecified atom stereocenters. The molecule has 152 valence electrons. The summed E-state index contributed by atoms with van der Waals surface area (Å²) in [6.07, 6.45) is 2.85. The van der Waals surface area contributed by atoms with Crippen molar-refractivity contribution in [2.75, 3.05) is 13.2 Å². The topological polar surface area (TPSA) is 43.2 Å². The average Bonchev–Trinajstić information content (AvgIpc) is 3.41. The molecule has 29 heavy (non-hydrogen) atoms. The lowest BCUT2D eigenvalue weighted by Gasteiger charge is -2.14. The van der Waals surface area contributed by atoms with Gasteiger partial charge in [0.25, 0.3) is 0 Å². The van der Waals surface area contributed by atoms with E-state index in [0.29, 0.717) is 13.2 Å². The summed E-state index contributed by atoms with van der Waals surface area (Å²) in [5.74, 6) is 2.23. The predicted molar refractivity (Wildman–Crippen MR) is 118 cm³/mol. The monoisotopic (exact) mass is 390 g/mol. The van der Waals surface area contributed by atoms with Crippen molar-refractivity contribution in [3.63, 3.8) is 0 Å². The number of rotatable bonds is 8. The van der Waals surface area contributed by atoms with Gasteiger partial charge in [-0.2, -0.15) is 0 Å². The van der Waals surface area contributed by atoms with Gasteiger partial charge in [0, 0.05) is 0 Å². The van der Waals surface area contributed by atoms with Gasteiger partial charge in [0.1, 0.15) is 13.2 Å². The van der Waals surface area contributed by atoms with Crippen LogP contribution in [0.25, 0.3) is 0 Å². The van der Waals surface area contributed by atoms with Gasteiger partial charge < -0.3 is 9.47 Å². The molecule has 0 radical (unpaired) electrons. The molecule has 0 aliphatic carbocycles. The maximum Gasteiger partial charge on any atom is 0.191 e. The van der Waals surface area contributed by atoms with Gasteiger partial charge in [0.2, 0.25) is 0 Å². The lowest BCUT2D eigenvalue weighted by Crippen LogP contribution is -2.17. The van der Waals surface area contributed by atoms with E-state index in [4.69, 9.17) is 19.5 Å². The summed E-state index contributed by atoms with van der Waals surface area (Å²) in [6, 6.07) is 21.4. The highest BCUT2D eigenvalue weighted by molar-refractivity contribution is 5.85. The lowest BCUT2D eigenvalue weighted by molar-refractivity contribution is 0.270. The van der Waals surface area contributed by atoms with Gasteiger partial charge in [-0.25, -0.2) is 9.98 Å². The van der Waals surface area contributed by atoms with Gasteiger partial charge in [0.15, 0.2) is 11.8 Å². The zero-order valence-electron chi connectivity index (χ0n) is 17.3. The maximum absolute atomic E-state index is 6.01. The Hall–Kier alpha value is -2.62. The largest absolute Gasteiger partial charge is 0.478 e. The third-order valence-electron chi connectivity index (χ3n) is 5.83. The second-order valence-corrected chi connectivity index (χ2v) is 7.84. The molecular formula is C25H30N2O2. The standard InChI is InChI=1S/C25H30N2O2/c1-3-22(18-11-7-5-8-12-18)24-26-20(16-28-24)15-21-17-29-25(27-21)23(4-2)19-13-9-6-10-14-19/h5-14,20-23H,3-4,15-17H2,1-2H3/t20-,21-,22-,23-/m0/s1. The SMILES string of the molecule is CC[C@H](C1=N[C@@H](C[C@H]2COC([C@@H](CC)c3ccccc3)=N2)CO1)c1ccccc1. The Bertz CT molecular complexity index is 776. The van der Waals surface area contributed by atoms with Crippen molar-refractivity contribution in [3.05, 3.63) is 71.8 Å². The van der Waals surface area contributed by atoms with Crippen molar-refractivity contribution in [2.45, 2.75) is 57.0 Å². The smallest absolute Gasteiger partial charge is 0.191 e. The van der Waals surface area contributed by atoms with Crippen LogP contribution in [-0.2, 0) is 9.47 Å². The second kappa shape index (κ2) is 9.25. The van der Waals surface area contributed by atoms with Gasteiger partial charge in [-0.1, -0.05) is 74.5 Å². The van der Waals surface area contributed by atoms with Crippen molar-refractivity contribution in [1.82, 2.24) is 0 Å². The summed E-state index contributed by atoms with van der Waals surface area (Å²) in [5, 5.41) is 0. The molecule has 4 atom stereocenters. The van der Waals surface area contributed by atoms with Crippen LogP contribution in [0.4, 0.5) is 0 Å². The summed E-state index contributed by atoms with van der Waals surface area (Å²) < 4.78 is 12.0. The number of ether oxygens (including phenoxy) is 2. The molecule has 0 saturated carbocycles. The summed E-state index contributed by atoms with van der Waals surface area (Å²) in [4.78, 5) is 9.83. The summed E-state index contributed by atoms with van der Waals surface area (Å²) >= 11 is 0. The highest BCUT2D eigenvalue weighted by Crippen LogP contribution is 2.29. The first-order valence-corrected chi connectivity index (χ1v) is 10.8. The van der Waals surface area contributed by atoms with E-state index in [-0.39, 0.29) is 23.9 Å². The molecular weight excluding hydrogens is 360 g/mol. The van der Waals surface area contributed by atoms with E-state index in [1.54, 1.807) is 0 Å². The predicted octanol–water partition coefficient (Wildman–Crippen LogP) is 5.36. The Morgan fingerprint density at radius 1 is 0.724 bits per heavy atom. The van der Waals surface area contributed by atoms with Crippen molar-refractivity contribution in [1.29, 1.82) is 0 Å². The van der Waals surface area contributed by atoms with E-state index in [9.17, 15) is 0 Å². The number of nitrogens with zero attached hydrogens (tertiary/aromatic N) is 2. The Morgan fingerprint density at radius 3 is 1.52 bits per heavy atom. The van der Waals surface area contributed by atoms with Gasteiger partial charge in [-0.3, -0.25) is 0 Å². The molecule has 4 rings (SSSR count). The zero-order chi connectivity index (χ0) is 20.1. The summed E-state index contributed by atoms with van der Waals surface area (Å²) in [6.45, 7) is 5.67. The second-order valence-electron chi connectivity index (χ2n) is 7.84. The van der Waals surface area contributed by atoms with Gasteiger partial charge in [0.05, 0.1) is 23.9 Å². The van der Waals surface area contributed by atoms with Crippen LogP contribution >= 0.6 is 0 Å². The summed E-state index contributed by atoms with van der Waals surface area (Å²) in [5.41, 5.74) is 2.54. The van der Waals surface area contributed by atoms with Crippen LogP contribution < -0.4 is 0 Å². The molecule has 2 aliphatic rings. The molecule has 0 bridgehead atoms. The first-order valence-electron chi connectivity index (χ1n) is 10.8. The van der Waals surface area contributed by atoms with E-state index in [2.05, 4.69) is 62.4 Å². The fourth-order valence-electron chi connectivity index (χ4n) is 4.29. The highest BCUT2D eigenvalue weighted by atomic mass is 16.5. The molecule has 0 amide bonds. The van der Waals surface area contributed by atoms with Crippen LogP contribution in [0.3, 0.4) is 0 Å². The molecule has 0 aromatic heterocycles. The maximum atomic E-state index is 6.01. The van der Waals surface area contributed by atoms with Crippen LogP contribution in [0.1, 0.15) is 56.1 Å². The number of aliphatic imine (C=N–C) groups is 2. The Labute approximate surface area is 173 Å². The van der Waals surface area contributed by atoms with Crippen LogP contribution in [0.2, 0.25) is 0 Å². The first-order chi connectivity index (χ1) is 14.3. The zero-order valence-corrected chi connectivity index (χ0v) is 17.3. The van der Waals surface area contributed by atoms with Crippen molar-refractivity contribution >= 4 is 11.8 Å². The molecule has 2 heterocycles.